The fourth-order valence-corrected chi connectivity index (χ4v) is 2.32. The summed E-state index contributed by atoms with van der Waals surface area (Å²) >= 11 is 3.35. The molecule has 0 saturated heterocycles. The molecule has 0 aromatic heterocycles. The van der Waals surface area contributed by atoms with Gasteiger partial charge in [0.25, 0.3) is 0 Å². The van der Waals surface area contributed by atoms with Crippen molar-refractivity contribution in [3.8, 4) is 0 Å². The predicted molar refractivity (Wildman–Crippen MR) is 77.7 cm³/mol. The fraction of sp³-hybridized carbons (Fsp3) is 0.385. The van der Waals surface area contributed by atoms with Crippen LogP contribution in [0, 0.1) is 0 Å². The Morgan fingerprint density at radius 3 is 2.53 bits per heavy atom. The van der Waals surface area contributed by atoms with E-state index >= 15 is 0 Å². The molecular formula is C13H17BrN2O3. The minimum Gasteiger partial charge on any atom is -0.478 e. The van der Waals surface area contributed by atoms with Crippen molar-refractivity contribution in [1.29, 1.82) is 0 Å². The van der Waals surface area contributed by atoms with Gasteiger partial charge >= 0.3 is 5.97 Å². The second-order valence-corrected chi connectivity index (χ2v) is 4.79. The van der Waals surface area contributed by atoms with Gasteiger partial charge in [-0.2, -0.15) is 0 Å². The summed E-state index contributed by atoms with van der Waals surface area (Å²) in [4.78, 5) is 24.4. The molecule has 0 aliphatic heterocycles. The molecule has 1 amide bonds. The van der Waals surface area contributed by atoms with Crippen molar-refractivity contribution in [2.45, 2.75) is 13.8 Å². The first-order chi connectivity index (χ1) is 8.99. The van der Waals surface area contributed by atoms with Crippen LogP contribution < -0.4 is 10.2 Å². The van der Waals surface area contributed by atoms with Gasteiger partial charge in [-0.05, 0) is 48.0 Å². The van der Waals surface area contributed by atoms with E-state index in [1.807, 2.05) is 18.7 Å². The maximum Gasteiger partial charge on any atom is 0.335 e. The minimum absolute atomic E-state index is 0.0569. The second kappa shape index (κ2) is 7.13. The first kappa shape index (κ1) is 15.5. The van der Waals surface area contributed by atoms with Gasteiger partial charge < -0.3 is 15.3 Å². The third kappa shape index (κ3) is 4.24. The smallest absolute Gasteiger partial charge is 0.335 e. The van der Waals surface area contributed by atoms with Crippen LogP contribution in [0.25, 0.3) is 0 Å². The summed E-state index contributed by atoms with van der Waals surface area (Å²) in [5.74, 6) is -1.03. The van der Waals surface area contributed by atoms with Crippen molar-refractivity contribution in [3.05, 3.63) is 28.2 Å². The van der Waals surface area contributed by atoms with Crippen molar-refractivity contribution in [2.75, 3.05) is 24.5 Å². The normalized spacial score (nSPS) is 10.1. The highest BCUT2D eigenvalue weighted by molar-refractivity contribution is 9.10. The summed E-state index contributed by atoms with van der Waals surface area (Å²) in [5, 5.41) is 11.7. The number of rotatable bonds is 6. The lowest BCUT2D eigenvalue weighted by atomic mass is 10.2. The molecule has 0 unspecified atom stereocenters. The Balaban J connectivity index is 2.92. The number of carbonyl (C=O) groups excluding carboxylic acids is 1. The third-order valence-corrected chi connectivity index (χ3v) is 3.26. The summed E-state index contributed by atoms with van der Waals surface area (Å²) < 4.78 is 0.665. The first-order valence-electron chi connectivity index (χ1n) is 6.04. The van der Waals surface area contributed by atoms with Gasteiger partial charge in [0.1, 0.15) is 0 Å². The molecule has 6 heteroatoms. The third-order valence-electron chi connectivity index (χ3n) is 2.63. The molecular weight excluding hydrogens is 312 g/mol. The highest BCUT2D eigenvalue weighted by Crippen LogP contribution is 2.27. The van der Waals surface area contributed by atoms with E-state index in [1.54, 1.807) is 6.07 Å². The highest BCUT2D eigenvalue weighted by Gasteiger charge is 2.14. The van der Waals surface area contributed by atoms with E-state index in [4.69, 9.17) is 5.11 Å². The molecule has 0 heterocycles. The Morgan fingerprint density at radius 2 is 2.05 bits per heavy atom. The number of hydrogen-bond donors (Lipinski definition) is 2. The van der Waals surface area contributed by atoms with E-state index in [2.05, 4.69) is 21.2 Å². The number of nitrogens with zero attached hydrogens (tertiary/aromatic N) is 1. The monoisotopic (exact) mass is 328 g/mol. The average molecular weight is 329 g/mol. The van der Waals surface area contributed by atoms with E-state index in [-0.39, 0.29) is 18.0 Å². The van der Waals surface area contributed by atoms with Crippen LogP contribution in [0.15, 0.2) is 22.7 Å². The lowest BCUT2D eigenvalue weighted by Crippen LogP contribution is -2.37. The van der Waals surface area contributed by atoms with Crippen LogP contribution in [0.2, 0.25) is 0 Å². The predicted octanol–water partition coefficient (Wildman–Crippen LogP) is 2.11. The molecule has 0 aliphatic rings. The molecule has 0 bridgehead atoms. The van der Waals surface area contributed by atoms with Gasteiger partial charge in [-0.15, -0.1) is 0 Å². The number of aromatic carboxylic acids is 1. The van der Waals surface area contributed by atoms with Gasteiger partial charge in [0.2, 0.25) is 5.91 Å². The molecule has 104 valence electrons. The molecule has 5 nitrogen and oxygen atoms in total. The summed E-state index contributed by atoms with van der Waals surface area (Å²) in [6, 6.07) is 4.77. The van der Waals surface area contributed by atoms with E-state index < -0.39 is 5.97 Å². The van der Waals surface area contributed by atoms with Crippen LogP contribution in [0.3, 0.4) is 0 Å². The van der Waals surface area contributed by atoms with E-state index in [0.717, 1.165) is 5.69 Å². The van der Waals surface area contributed by atoms with Crippen molar-refractivity contribution in [2.24, 2.45) is 0 Å². The largest absolute Gasteiger partial charge is 0.478 e. The number of amides is 1. The Bertz CT molecular complexity index is 477. The number of carbonyl (C=O) groups is 2. The molecule has 0 fully saturated rings. The summed E-state index contributed by atoms with van der Waals surface area (Å²) in [6.45, 7) is 5.30. The molecule has 0 radical (unpaired) electrons. The fourth-order valence-electron chi connectivity index (χ4n) is 1.69. The van der Waals surface area contributed by atoms with Crippen LogP contribution in [-0.2, 0) is 4.79 Å². The zero-order valence-electron chi connectivity index (χ0n) is 10.9. The van der Waals surface area contributed by atoms with E-state index in [9.17, 15) is 9.59 Å². The van der Waals surface area contributed by atoms with Crippen LogP contribution in [0.4, 0.5) is 5.69 Å². The van der Waals surface area contributed by atoms with Crippen LogP contribution in [-0.4, -0.2) is 36.6 Å². The number of likely N-dealkylation sites (N-methyl/N-ethyl adjacent to an activating group) is 2. The van der Waals surface area contributed by atoms with Gasteiger partial charge in [0.05, 0.1) is 17.8 Å². The molecule has 0 saturated carbocycles. The maximum absolute atomic E-state index is 11.6. The van der Waals surface area contributed by atoms with Crippen molar-refractivity contribution < 1.29 is 14.7 Å². The molecule has 1 aromatic carbocycles. The highest BCUT2D eigenvalue weighted by atomic mass is 79.9. The molecule has 0 spiro atoms. The number of carboxylic acids is 1. The van der Waals surface area contributed by atoms with Gasteiger partial charge in [-0.1, -0.05) is 0 Å². The lowest BCUT2D eigenvalue weighted by molar-refractivity contribution is -0.119. The van der Waals surface area contributed by atoms with Gasteiger partial charge in [0, 0.05) is 17.6 Å². The van der Waals surface area contributed by atoms with Crippen LogP contribution >= 0.6 is 15.9 Å². The Morgan fingerprint density at radius 1 is 1.37 bits per heavy atom. The molecule has 2 N–H and O–H groups in total. The van der Waals surface area contributed by atoms with Gasteiger partial charge in [-0.3, -0.25) is 4.79 Å². The Hall–Kier alpha value is -1.56. The summed E-state index contributed by atoms with van der Waals surface area (Å²) in [5.41, 5.74) is 1.02. The number of benzene rings is 1. The Kier molecular flexibility index (Phi) is 5.82. The van der Waals surface area contributed by atoms with Gasteiger partial charge in [-0.25, -0.2) is 4.79 Å². The number of halogens is 1. The number of carboxylic acid groups (broad SMARTS) is 1. The molecule has 1 aromatic rings. The SMILES string of the molecule is CCNC(=O)CN(CC)c1ccc(C(=O)O)cc1Br. The van der Waals surface area contributed by atoms with Crippen LogP contribution in [0.5, 0.6) is 0 Å². The van der Waals surface area contributed by atoms with E-state index in [0.29, 0.717) is 17.6 Å². The molecule has 1 rings (SSSR count). The zero-order chi connectivity index (χ0) is 14.4. The maximum atomic E-state index is 11.6. The molecule has 19 heavy (non-hydrogen) atoms. The molecule has 0 aliphatic carbocycles. The lowest BCUT2D eigenvalue weighted by Gasteiger charge is -2.23. The molecule has 0 atom stereocenters. The topological polar surface area (TPSA) is 69.6 Å². The zero-order valence-corrected chi connectivity index (χ0v) is 12.5. The van der Waals surface area contributed by atoms with Crippen molar-refractivity contribution in [1.82, 2.24) is 5.32 Å². The van der Waals surface area contributed by atoms with Gasteiger partial charge in [0.15, 0.2) is 0 Å². The standard InChI is InChI=1S/C13H17BrN2O3/c1-3-15-12(17)8-16(4-2)11-6-5-9(13(18)19)7-10(11)14/h5-7H,3-4,8H2,1-2H3,(H,15,17)(H,18,19). The quantitative estimate of drug-likeness (QED) is 0.839. The minimum atomic E-state index is -0.973. The number of anilines is 1. The van der Waals surface area contributed by atoms with Crippen molar-refractivity contribution >= 4 is 33.5 Å². The Labute approximate surface area is 120 Å². The summed E-state index contributed by atoms with van der Waals surface area (Å²) in [6.07, 6.45) is 0. The second-order valence-electron chi connectivity index (χ2n) is 3.94. The number of hydrogen-bond acceptors (Lipinski definition) is 3. The first-order valence-corrected chi connectivity index (χ1v) is 6.83. The average Bonchev–Trinajstić information content (AvgIpc) is 2.36. The summed E-state index contributed by atoms with van der Waals surface area (Å²) in [7, 11) is 0. The van der Waals surface area contributed by atoms with Crippen LogP contribution in [0.1, 0.15) is 24.2 Å². The van der Waals surface area contributed by atoms with E-state index in [1.165, 1.54) is 12.1 Å². The van der Waals surface area contributed by atoms with Crippen molar-refractivity contribution in [3.63, 3.8) is 0 Å². The number of nitrogens with one attached hydrogen (secondary N) is 1.